The summed E-state index contributed by atoms with van der Waals surface area (Å²) in [6.07, 6.45) is 0.854. The maximum Gasteiger partial charge on any atom is 0.262 e. The maximum atomic E-state index is 11.8. The number of hydrogen-bond donors (Lipinski definition) is 1. The first-order valence-electron chi connectivity index (χ1n) is 5.45. The van der Waals surface area contributed by atoms with Crippen LogP contribution in [-0.4, -0.2) is 17.8 Å². The number of thiophene rings is 1. The van der Waals surface area contributed by atoms with Gasteiger partial charge in [0.15, 0.2) is 0 Å². The fourth-order valence-corrected chi connectivity index (χ4v) is 3.07. The fraction of sp³-hybridized carbons (Fsp3) is 0.583. The van der Waals surface area contributed by atoms with Crippen molar-refractivity contribution in [2.24, 2.45) is 5.41 Å². The highest BCUT2D eigenvalue weighted by Gasteiger charge is 2.18. The van der Waals surface area contributed by atoms with Crippen LogP contribution in [0.15, 0.2) is 11.4 Å². The molecule has 96 valence electrons. The van der Waals surface area contributed by atoms with Gasteiger partial charge in [0.05, 0.1) is 10.4 Å². The third-order valence-corrected chi connectivity index (χ3v) is 3.79. The van der Waals surface area contributed by atoms with Gasteiger partial charge in [0, 0.05) is 6.54 Å². The van der Waals surface area contributed by atoms with Crippen molar-refractivity contribution in [1.82, 2.24) is 5.32 Å². The van der Waals surface area contributed by atoms with Crippen LogP contribution in [-0.2, 0) is 0 Å². The Morgan fingerprint density at radius 3 is 2.65 bits per heavy atom. The average Bonchev–Trinajstić information content (AvgIpc) is 2.58. The normalized spacial score (nSPS) is 13.5. The Hall–Kier alpha value is -0.250. The molecule has 0 radical (unpaired) electrons. The summed E-state index contributed by atoms with van der Waals surface area (Å²) < 4.78 is 0. The minimum atomic E-state index is -0.149. The third kappa shape index (κ3) is 5.28. The second-order valence-electron chi connectivity index (χ2n) is 5.17. The molecule has 1 N–H and O–H groups in total. The molecule has 17 heavy (non-hydrogen) atoms. The molecule has 0 aromatic carbocycles. The van der Waals surface area contributed by atoms with Gasteiger partial charge in [-0.15, -0.1) is 22.9 Å². The van der Waals surface area contributed by atoms with Gasteiger partial charge in [-0.25, -0.2) is 0 Å². The third-order valence-electron chi connectivity index (χ3n) is 2.14. The van der Waals surface area contributed by atoms with Crippen molar-refractivity contribution in [3.8, 4) is 0 Å². The predicted octanol–water partition coefficient (Wildman–Crippen LogP) is 4.17. The number of halogens is 2. The summed E-state index contributed by atoms with van der Waals surface area (Å²) in [6.45, 7) is 6.84. The molecule has 0 aliphatic heterocycles. The summed E-state index contributed by atoms with van der Waals surface area (Å²) in [7, 11) is 0. The Balaban J connectivity index is 2.42. The van der Waals surface area contributed by atoms with Gasteiger partial charge in [0.25, 0.3) is 5.91 Å². The van der Waals surface area contributed by atoms with Gasteiger partial charge in [-0.2, -0.15) is 0 Å². The Morgan fingerprint density at radius 1 is 1.53 bits per heavy atom. The quantitative estimate of drug-likeness (QED) is 0.829. The Kier molecular flexibility index (Phi) is 5.29. The molecule has 1 unspecified atom stereocenters. The summed E-state index contributed by atoms with van der Waals surface area (Å²) in [5, 5.41) is 5.04. The van der Waals surface area contributed by atoms with Gasteiger partial charge < -0.3 is 5.32 Å². The van der Waals surface area contributed by atoms with E-state index in [9.17, 15) is 4.79 Å². The van der Waals surface area contributed by atoms with Crippen LogP contribution in [0.25, 0.3) is 0 Å². The molecule has 0 aliphatic carbocycles. The van der Waals surface area contributed by atoms with Crippen LogP contribution in [0.4, 0.5) is 0 Å². The lowest BCUT2D eigenvalue weighted by molar-refractivity contribution is 0.0956. The Labute approximate surface area is 116 Å². The van der Waals surface area contributed by atoms with Crippen molar-refractivity contribution in [2.75, 3.05) is 6.54 Å². The first-order valence-corrected chi connectivity index (χ1v) is 7.14. The minimum absolute atomic E-state index is 0.0577. The van der Waals surface area contributed by atoms with Gasteiger partial charge in [0.1, 0.15) is 4.88 Å². The van der Waals surface area contributed by atoms with E-state index in [2.05, 4.69) is 26.1 Å². The largest absolute Gasteiger partial charge is 0.350 e. The standard InChI is InChI=1S/C12H17Cl2NOS/c1-12(2,3)6-8(13)7-15-11(16)10-9(14)4-5-17-10/h4-5,8H,6-7H2,1-3H3,(H,15,16). The number of nitrogens with one attached hydrogen (secondary N) is 1. The molecule has 1 heterocycles. The molecule has 1 amide bonds. The van der Waals surface area contributed by atoms with E-state index < -0.39 is 0 Å². The second-order valence-corrected chi connectivity index (χ2v) is 7.11. The summed E-state index contributed by atoms with van der Waals surface area (Å²) in [5.74, 6) is -0.149. The lowest BCUT2D eigenvalue weighted by Gasteiger charge is -2.21. The number of hydrogen-bond acceptors (Lipinski definition) is 2. The zero-order valence-electron chi connectivity index (χ0n) is 10.2. The first-order chi connectivity index (χ1) is 7.79. The lowest BCUT2D eigenvalue weighted by Crippen LogP contribution is -2.31. The van der Waals surface area contributed by atoms with Crippen LogP contribution >= 0.6 is 34.5 Å². The Bertz CT molecular complexity index is 384. The predicted molar refractivity (Wildman–Crippen MR) is 75.4 cm³/mol. The van der Waals surface area contributed by atoms with Crippen LogP contribution in [0.1, 0.15) is 36.9 Å². The number of rotatable bonds is 4. The van der Waals surface area contributed by atoms with Crippen molar-refractivity contribution >= 4 is 40.4 Å². The number of alkyl halides is 1. The minimum Gasteiger partial charge on any atom is -0.350 e. The molecule has 0 bridgehead atoms. The number of carbonyl (C=O) groups excluding carboxylic acids is 1. The van der Waals surface area contributed by atoms with Crippen LogP contribution in [0.2, 0.25) is 5.02 Å². The van der Waals surface area contributed by atoms with Gasteiger partial charge in [0.2, 0.25) is 0 Å². The fourth-order valence-electron chi connectivity index (χ4n) is 1.48. The van der Waals surface area contributed by atoms with E-state index in [-0.39, 0.29) is 16.7 Å². The molecule has 1 rings (SSSR count). The van der Waals surface area contributed by atoms with Crippen molar-refractivity contribution in [3.05, 3.63) is 21.3 Å². The number of carbonyl (C=O) groups is 1. The molecule has 0 fully saturated rings. The highest BCUT2D eigenvalue weighted by molar-refractivity contribution is 7.12. The van der Waals surface area contributed by atoms with Gasteiger partial charge >= 0.3 is 0 Å². The van der Waals surface area contributed by atoms with Gasteiger partial charge in [-0.1, -0.05) is 32.4 Å². The van der Waals surface area contributed by atoms with E-state index in [1.165, 1.54) is 11.3 Å². The second kappa shape index (κ2) is 6.07. The molecular weight excluding hydrogens is 277 g/mol. The summed E-state index contributed by atoms with van der Waals surface area (Å²) >= 11 is 13.4. The van der Waals surface area contributed by atoms with Crippen LogP contribution in [0.3, 0.4) is 0 Å². The monoisotopic (exact) mass is 293 g/mol. The van der Waals surface area contributed by atoms with Crippen molar-refractivity contribution < 1.29 is 4.79 Å². The molecule has 0 aliphatic rings. The summed E-state index contributed by atoms with van der Waals surface area (Å²) in [5.41, 5.74) is 0.164. The van der Waals surface area contributed by atoms with Crippen LogP contribution in [0.5, 0.6) is 0 Å². The van der Waals surface area contributed by atoms with Crippen molar-refractivity contribution in [2.45, 2.75) is 32.6 Å². The average molecular weight is 294 g/mol. The van der Waals surface area contributed by atoms with Gasteiger partial charge in [-0.05, 0) is 23.3 Å². The van der Waals surface area contributed by atoms with Crippen LogP contribution < -0.4 is 5.32 Å². The van der Waals surface area contributed by atoms with E-state index in [0.717, 1.165) is 6.42 Å². The zero-order valence-corrected chi connectivity index (χ0v) is 12.5. The number of amides is 1. The molecule has 0 saturated carbocycles. The van der Waals surface area contributed by atoms with E-state index in [1.54, 1.807) is 11.4 Å². The Morgan fingerprint density at radius 2 is 2.18 bits per heavy atom. The van der Waals surface area contributed by atoms with E-state index in [4.69, 9.17) is 23.2 Å². The summed E-state index contributed by atoms with van der Waals surface area (Å²) in [4.78, 5) is 12.3. The molecule has 0 spiro atoms. The first kappa shape index (κ1) is 14.8. The highest BCUT2D eigenvalue weighted by Crippen LogP contribution is 2.24. The molecule has 0 saturated heterocycles. The molecule has 1 atom stereocenters. The molecule has 1 aromatic heterocycles. The van der Waals surface area contributed by atoms with Crippen LogP contribution in [0, 0.1) is 5.41 Å². The smallest absolute Gasteiger partial charge is 0.262 e. The maximum absolute atomic E-state index is 11.8. The topological polar surface area (TPSA) is 29.1 Å². The van der Waals surface area contributed by atoms with E-state index >= 15 is 0 Å². The van der Waals surface area contributed by atoms with E-state index in [0.29, 0.717) is 16.4 Å². The van der Waals surface area contributed by atoms with Crippen molar-refractivity contribution in [1.29, 1.82) is 0 Å². The summed E-state index contributed by atoms with van der Waals surface area (Å²) in [6, 6.07) is 1.72. The van der Waals surface area contributed by atoms with Crippen molar-refractivity contribution in [3.63, 3.8) is 0 Å². The van der Waals surface area contributed by atoms with Gasteiger partial charge in [-0.3, -0.25) is 4.79 Å². The lowest BCUT2D eigenvalue weighted by atomic mass is 9.90. The molecule has 5 heteroatoms. The highest BCUT2D eigenvalue weighted by atomic mass is 35.5. The van der Waals surface area contributed by atoms with E-state index in [1.807, 2.05) is 0 Å². The molecular formula is C12H17Cl2NOS. The molecule has 1 aromatic rings. The zero-order chi connectivity index (χ0) is 13.1. The SMILES string of the molecule is CC(C)(C)CC(Cl)CNC(=O)c1sccc1Cl. The molecule has 2 nitrogen and oxygen atoms in total.